The van der Waals surface area contributed by atoms with Gasteiger partial charge in [-0.1, -0.05) is 0 Å². The Labute approximate surface area is 129 Å². The lowest BCUT2D eigenvalue weighted by molar-refractivity contribution is 0.0594. The zero-order valence-corrected chi connectivity index (χ0v) is 12.9. The summed E-state index contributed by atoms with van der Waals surface area (Å²) in [6.07, 6.45) is 4.77. The average Bonchev–Trinajstić information content (AvgIpc) is 3.16. The summed E-state index contributed by atoms with van der Waals surface area (Å²) in [6.45, 7) is 3.06. The number of H-pyrrole nitrogens is 2. The monoisotopic (exact) mass is 303 g/mol. The summed E-state index contributed by atoms with van der Waals surface area (Å²) in [5.41, 5.74) is 1.61. The van der Waals surface area contributed by atoms with Crippen LogP contribution in [0.25, 0.3) is 0 Å². The van der Waals surface area contributed by atoms with E-state index in [1.165, 1.54) is 0 Å². The second-order valence-corrected chi connectivity index (χ2v) is 5.62. The summed E-state index contributed by atoms with van der Waals surface area (Å²) >= 11 is 0. The molecule has 2 aromatic heterocycles. The number of nitrogens with one attached hydrogen (secondary N) is 2. The van der Waals surface area contributed by atoms with Gasteiger partial charge in [0.2, 0.25) is 0 Å². The number of piperidine rings is 1. The van der Waals surface area contributed by atoms with E-state index in [1.807, 2.05) is 17.9 Å². The highest BCUT2D eigenvalue weighted by Gasteiger charge is 2.32. The van der Waals surface area contributed by atoms with Gasteiger partial charge in [-0.05, 0) is 37.8 Å². The van der Waals surface area contributed by atoms with Crippen LogP contribution < -0.4 is 0 Å². The first-order valence-corrected chi connectivity index (χ1v) is 7.55. The number of methoxy groups -OCH3 is 1. The number of carbonyl (C=O) groups excluding carboxylic acids is 1. The van der Waals surface area contributed by atoms with Crippen LogP contribution in [-0.4, -0.2) is 44.6 Å². The van der Waals surface area contributed by atoms with Crippen molar-refractivity contribution in [3.05, 3.63) is 35.2 Å². The molecule has 0 aliphatic carbocycles. The molecule has 22 heavy (non-hydrogen) atoms. The molecule has 3 heterocycles. The molecule has 1 saturated heterocycles. The minimum absolute atomic E-state index is 0.0188. The molecule has 1 fully saturated rings. The van der Waals surface area contributed by atoms with Gasteiger partial charge >= 0.3 is 0 Å². The van der Waals surface area contributed by atoms with Crippen LogP contribution in [0.3, 0.4) is 0 Å². The Bertz CT molecular complexity index is 648. The van der Waals surface area contributed by atoms with Gasteiger partial charge in [-0.3, -0.25) is 9.89 Å². The second kappa shape index (κ2) is 6.31. The Morgan fingerprint density at radius 2 is 2.36 bits per heavy atom. The molecule has 0 radical (unpaired) electrons. The number of likely N-dealkylation sites (tertiary alicyclic amines) is 1. The van der Waals surface area contributed by atoms with E-state index in [9.17, 15) is 4.79 Å². The lowest BCUT2D eigenvalue weighted by atomic mass is 10.0. The third kappa shape index (κ3) is 2.76. The van der Waals surface area contributed by atoms with E-state index in [0.717, 1.165) is 31.4 Å². The maximum Gasteiger partial charge on any atom is 0.271 e. The van der Waals surface area contributed by atoms with Crippen molar-refractivity contribution in [1.29, 1.82) is 0 Å². The van der Waals surface area contributed by atoms with Crippen molar-refractivity contribution in [2.75, 3.05) is 13.7 Å². The lowest BCUT2D eigenvalue weighted by Gasteiger charge is -2.34. The third-order valence-corrected chi connectivity index (χ3v) is 4.06. The quantitative estimate of drug-likeness (QED) is 0.904. The number of aromatic nitrogens is 4. The summed E-state index contributed by atoms with van der Waals surface area (Å²) in [5, 5.41) is 7.15. The molecule has 1 unspecified atom stereocenters. The Balaban J connectivity index is 1.84. The molecule has 3 rings (SSSR count). The molecular weight excluding hydrogens is 282 g/mol. The van der Waals surface area contributed by atoms with E-state index in [0.29, 0.717) is 23.9 Å². The van der Waals surface area contributed by atoms with Crippen LogP contribution >= 0.6 is 0 Å². The van der Waals surface area contributed by atoms with Crippen LogP contribution in [0.2, 0.25) is 0 Å². The molecule has 7 heteroatoms. The van der Waals surface area contributed by atoms with Crippen LogP contribution in [-0.2, 0) is 11.3 Å². The fourth-order valence-electron chi connectivity index (χ4n) is 2.92. The Morgan fingerprint density at radius 3 is 3.09 bits per heavy atom. The van der Waals surface area contributed by atoms with Crippen LogP contribution in [0.5, 0.6) is 0 Å². The molecule has 0 spiro atoms. The van der Waals surface area contributed by atoms with Crippen molar-refractivity contribution in [3.63, 3.8) is 0 Å². The van der Waals surface area contributed by atoms with Crippen molar-refractivity contribution in [2.24, 2.45) is 0 Å². The molecule has 7 nitrogen and oxygen atoms in total. The van der Waals surface area contributed by atoms with E-state index >= 15 is 0 Å². The van der Waals surface area contributed by atoms with Gasteiger partial charge in [-0.25, -0.2) is 4.98 Å². The molecule has 118 valence electrons. The van der Waals surface area contributed by atoms with Crippen LogP contribution in [0.4, 0.5) is 0 Å². The maximum atomic E-state index is 12.8. The zero-order chi connectivity index (χ0) is 15.5. The summed E-state index contributed by atoms with van der Waals surface area (Å²) < 4.78 is 5.06. The van der Waals surface area contributed by atoms with E-state index in [4.69, 9.17) is 4.74 Å². The number of aromatic amines is 2. The molecule has 0 bridgehead atoms. The predicted octanol–water partition coefficient (Wildman–Crippen LogP) is 1.96. The molecule has 1 amide bonds. The predicted molar refractivity (Wildman–Crippen MR) is 80.3 cm³/mol. The number of ether oxygens (including phenoxy) is 1. The van der Waals surface area contributed by atoms with Crippen molar-refractivity contribution in [3.8, 4) is 0 Å². The topological polar surface area (TPSA) is 86.9 Å². The van der Waals surface area contributed by atoms with Gasteiger partial charge in [0.25, 0.3) is 5.91 Å². The normalized spacial score (nSPS) is 18.6. The zero-order valence-electron chi connectivity index (χ0n) is 12.9. The molecule has 1 atom stereocenters. The molecule has 0 aromatic carbocycles. The average molecular weight is 303 g/mol. The highest BCUT2D eigenvalue weighted by molar-refractivity contribution is 5.94. The number of carbonyl (C=O) groups is 1. The largest absolute Gasteiger partial charge is 0.377 e. The van der Waals surface area contributed by atoms with Gasteiger partial charge < -0.3 is 14.6 Å². The number of aryl methyl sites for hydroxylation is 1. The summed E-state index contributed by atoms with van der Waals surface area (Å²) in [4.78, 5) is 22.2. The summed E-state index contributed by atoms with van der Waals surface area (Å²) in [5.74, 6) is 1.38. The number of hydrogen-bond donors (Lipinski definition) is 2. The van der Waals surface area contributed by atoms with E-state index in [2.05, 4.69) is 20.2 Å². The maximum absolute atomic E-state index is 12.8. The summed E-state index contributed by atoms with van der Waals surface area (Å²) in [7, 11) is 1.62. The Hall–Kier alpha value is -2.15. The van der Waals surface area contributed by atoms with E-state index in [1.54, 1.807) is 13.3 Å². The fraction of sp³-hybridized carbons (Fsp3) is 0.533. The van der Waals surface area contributed by atoms with Crippen molar-refractivity contribution in [1.82, 2.24) is 25.1 Å². The smallest absolute Gasteiger partial charge is 0.271 e. The molecule has 2 aromatic rings. The first kappa shape index (κ1) is 14.8. The van der Waals surface area contributed by atoms with Crippen LogP contribution in [0.1, 0.15) is 53.0 Å². The fourth-order valence-corrected chi connectivity index (χ4v) is 2.92. The molecule has 2 N–H and O–H groups in total. The van der Waals surface area contributed by atoms with Gasteiger partial charge in [-0.2, -0.15) is 5.10 Å². The first-order chi connectivity index (χ1) is 10.7. The van der Waals surface area contributed by atoms with Crippen molar-refractivity contribution < 1.29 is 9.53 Å². The highest BCUT2D eigenvalue weighted by Crippen LogP contribution is 2.30. The number of rotatable bonds is 4. The third-order valence-electron chi connectivity index (χ3n) is 4.06. The van der Waals surface area contributed by atoms with Gasteiger partial charge in [0.15, 0.2) is 11.6 Å². The van der Waals surface area contributed by atoms with Gasteiger partial charge in [-0.15, -0.1) is 0 Å². The number of amides is 1. The summed E-state index contributed by atoms with van der Waals surface area (Å²) in [6, 6.07) is 1.83. The Morgan fingerprint density at radius 1 is 1.50 bits per heavy atom. The molecule has 1 aliphatic heterocycles. The molecule has 1 aliphatic rings. The Kier molecular flexibility index (Phi) is 4.24. The minimum Gasteiger partial charge on any atom is -0.377 e. The van der Waals surface area contributed by atoms with Crippen LogP contribution in [0.15, 0.2) is 12.3 Å². The van der Waals surface area contributed by atoms with Gasteiger partial charge in [0, 0.05) is 19.9 Å². The molecular formula is C15H21N5O2. The number of nitrogens with zero attached hydrogens (tertiary/aromatic N) is 3. The first-order valence-electron chi connectivity index (χ1n) is 7.55. The second-order valence-electron chi connectivity index (χ2n) is 5.62. The minimum atomic E-state index is -0.0780. The molecule has 0 saturated carbocycles. The SMILES string of the molecule is COCc1nc(C2CCCCN2C(=O)c2[nH]ccc2C)n[nH]1. The van der Waals surface area contributed by atoms with E-state index < -0.39 is 0 Å². The van der Waals surface area contributed by atoms with Gasteiger partial charge in [0.1, 0.15) is 12.3 Å². The lowest BCUT2D eigenvalue weighted by Crippen LogP contribution is -2.39. The van der Waals surface area contributed by atoms with Gasteiger partial charge in [0.05, 0.1) is 6.04 Å². The standard InChI is InChI=1S/C15H21N5O2/c1-10-6-7-16-13(10)15(21)20-8-4-3-5-11(20)14-17-12(9-22-2)18-19-14/h6-7,11,16H,3-5,8-9H2,1-2H3,(H,17,18,19). The van der Waals surface area contributed by atoms with Crippen molar-refractivity contribution in [2.45, 2.75) is 38.8 Å². The van der Waals surface area contributed by atoms with Crippen LogP contribution in [0, 0.1) is 6.92 Å². The van der Waals surface area contributed by atoms with Crippen molar-refractivity contribution >= 4 is 5.91 Å². The van der Waals surface area contributed by atoms with E-state index in [-0.39, 0.29) is 11.9 Å². The highest BCUT2D eigenvalue weighted by atomic mass is 16.5. The number of hydrogen-bond acceptors (Lipinski definition) is 4.